The Bertz CT molecular complexity index is 775. The van der Waals surface area contributed by atoms with Crippen molar-refractivity contribution in [2.45, 2.75) is 6.54 Å². The quantitative estimate of drug-likeness (QED) is 0.728. The first-order valence-electron chi connectivity index (χ1n) is 8.63. The third-order valence-electron chi connectivity index (χ3n) is 3.80. The summed E-state index contributed by atoms with van der Waals surface area (Å²) in [6.45, 7) is 4.57. The lowest BCUT2D eigenvalue weighted by Gasteiger charge is -2.22. The van der Waals surface area contributed by atoms with Crippen LogP contribution in [0.15, 0.2) is 67.3 Å². The van der Waals surface area contributed by atoms with E-state index >= 15 is 0 Å². The molecule has 1 N–H and O–H groups in total. The Morgan fingerprint density at radius 3 is 2.52 bits per heavy atom. The largest absolute Gasteiger partial charge is 0.484 e. The van der Waals surface area contributed by atoms with Crippen LogP contribution in [0.3, 0.4) is 0 Å². The van der Waals surface area contributed by atoms with E-state index in [9.17, 15) is 9.59 Å². The third kappa shape index (κ3) is 6.51. The number of likely N-dealkylation sites (N-methyl/N-ethyl adjacent to an activating group) is 1. The SMILES string of the molecule is C=CCN(Cc1ccccc1)C(=O)Nc1cccc(OCC(=O)N(C)C)c1. The minimum atomic E-state index is -0.236. The number of rotatable bonds is 8. The van der Waals surface area contributed by atoms with Gasteiger partial charge in [0, 0.05) is 38.9 Å². The first-order valence-corrected chi connectivity index (χ1v) is 8.63. The number of urea groups is 1. The summed E-state index contributed by atoms with van der Waals surface area (Å²) >= 11 is 0. The Morgan fingerprint density at radius 2 is 1.85 bits per heavy atom. The van der Waals surface area contributed by atoms with Crippen molar-refractivity contribution in [3.63, 3.8) is 0 Å². The van der Waals surface area contributed by atoms with Gasteiger partial charge in [0.05, 0.1) is 0 Å². The highest BCUT2D eigenvalue weighted by atomic mass is 16.5. The van der Waals surface area contributed by atoms with Crippen molar-refractivity contribution in [1.82, 2.24) is 9.80 Å². The molecule has 142 valence electrons. The summed E-state index contributed by atoms with van der Waals surface area (Å²) in [5.74, 6) is 0.380. The molecular formula is C21H25N3O3. The summed E-state index contributed by atoms with van der Waals surface area (Å²) in [6.07, 6.45) is 1.69. The second-order valence-electron chi connectivity index (χ2n) is 6.19. The van der Waals surface area contributed by atoms with Crippen LogP contribution in [0.5, 0.6) is 5.75 Å². The van der Waals surface area contributed by atoms with E-state index < -0.39 is 0 Å². The molecule has 2 rings (SSSR count). The summed E-state index contributed by atoms with van der Waals surface area (Å²) in [7, 11) is 3.34. The molecule has 0 fully saturated rings. The molecule has 0 saturated carbocycles. The van der Waals surface area contributed by atoms with Gasteiger partial charge in [-0.05, 0) is 17.7 Å². The minimum Gasteiger partial charge on any atom is -0.484 e. The molecule has 2 aromatic carbocycles. The standard InChI is InChI=1S/C21H25N3O3/c1-4-13-24(15-17-9-6-5-7-10-17)21(26)22-18-11-8-12-19(14-18)27-16-20(25)23(2)3/h4-12,14H,1,13,15-16H2,2-3H3,(H,22,26). The maximum absolute atomic E-state index is 12.6. The molecule has 0 unspecified atom stereocenters. The number of amides is 3. The van der Waals surface area contributed by atoms with Crippen LogP contribution in [0.4, 0.5) is 10.5 Å². The normalized spacial score (nSPS) is 10.0. The maximum Gasteiger partial charge on any atom is 0.322 e. The lowest BCUT2D eigenvalue weighted by molar-refractivity contribution is -0.130. The Kier molecular flexibility index (Phi) is 7.43. The van der Waals surface area contributed by atoms with Gasteiger partial charge in [0.1, 0.15) is 5.75 Å². The molecule has 6 heteroatoms. The molecule has 0 bridgehead atoms. The van der Waals surface area contributed by atoms with Crippen LogP contribution in [0.2, 0.25) is 0 Å². The van der Waals surface area contributed by atoms with E-state index in [-0.39, 0.29) is 18.5 Å². The topological polar surface area (TPSA) is 61.9 Å². The number of carbonyl (C=O) groups is 2. The van der Waals surface area contributed by atoms with Gasteiger partial charge in [-0.1, -0.05) is 42.5 Å². The molecule has 0 saturated heterocycles. The molecular weight excluding hydrogens is 342 g/mol. The smallest absolute Gasteiger partial charge is 0.322 e. The van der Waals surface area contributed by atoms with Crippen LogP contribution < -0.4 is 10.1 Å². The Hall–Kier alpha value is -3.28. The van der Waals surface area contributed by atoms with Crippen molar-refractivity contribution in [2.24, 2.45) is 0 Å². The second kappa shape index (κ2) is 10.0. The van der Waals surface area contributed by atoms with E-state index in [2.05, 4.69) is 11.9 Å². The Morgan fingerprint density at radius 1 is 1.11 bits per heavy atom. The highest BCUT2D eigenvalue weighted by Gasteiger charge is 2.13. The predicted octanol–water partition coefficient (Wildman–Crippen LogP) is 3.37. The second-order valence-corrected chi connectivity index (χ2v) is 6.19. The average Bonchev–Trinajstić information content (AvgIpc) is 2.66. The zero-order valence-corrected chi connectivity index (χ0v) is 15.7. The zero-order chi connectivity index (χ0) is 19.6. The van der Waals surface area contributed by atoms with E-state index in [1.165, 1.54) is 4.90 Å². The molecule has 0 aromatic heterocycles. The number of nitrogens with zero attached hydrogens (tertiary/aromatic N) is 2. The number of hydrogen-bond donors (Lipinski definition) is 1. The van der Waals surface area contributed by atoms with Crippen molar-refractivity contribution in [2.75, 3.05) is 32.6 Å². The molecule has 0 atom stereocenters. The summed E-state index contributed by atoms with van der Waals surface area (Å²) in [5, 5.41) is 2.86. The van der Waals surface area contributed by atoms with Crippen molar-refractivity contribution in [1.29, 1.82) is 0 Å². The Balaban J connectivity index is 2.01. The molecule has 0 spiro atoms. The van der Waals surface area contributed by atoms with Crippen molar-refractivity contribution in [3.8, 4) is 5.75 Å². The summed E-state index contributed by atoms with van der Waals surface area (Å²) in [5.41, 5.74) is 1.63. The fourth-order valence-corrected chi connectivity index (χ4v) is 2.32. The predicted molar refractivity (Wildman–Crippen MR) is 107 cm³/mol. The van der Waals surface area contributed by atoms with Crippen LogP contribution in [-0.4, -0.2) is 49.0 Å². The zero-order valence-electron chi connectivity index (χ0n) is 15.7. The molecule has 3 amide bonds. The van der Waals surface area contributed by atoms with Gasteiger partial charge < -0.3 is 19.9 Å². The molecule has 0 aliphatic heterocycles. The van der Waals surface area contributed by atoms with Gasteiger partial charge in [0.15, 0.2) is 6.61 Å². The lowest BCUT2D eigenvalue weighted by atomic mass is 10.2. The minimum absolute atomic E-state index is 0.0546. The van der Waals surface area contributed by atoms with Gasteiger partial charge in [-0.2, -0.15) is 0 Å². The summed E-state index contributed by atoms with van der Waals surface area (Å²) < 4.78 is 5.48. The first kappa shape index (κ1) is 20.0. The number of nitrogens with one attached hydrogen (secondary N) is 1. The maximum atomic E-state index is 12.6. The number of hydrogen-bond acceptors (Lipinski definition) is 3. The number of benzene rings is 2. The van der Waals surface area contributed by atoms with Crippen LogP contribution >= 0.6 is 0 Å². The Labute approximate surface area is 160 Å². The number of ether oxygens (including phenoxy) is 1. The molecule has 27 heavy (non-hydrogen) atoms. The van der Waals surface area contributed by atoms with E-state index in [1.807, 2.05) is 30.3 Å². The van der Waals surface area contributed by atoms with E-state index in [0.29, 0.717) is 24.5 Å². The third-order valence-corrected chi connectivity index (χ3v) is 3.80. The van der Waals surface area contributed by atoms with Gasteiger partial charge in [-0.15, -0.1) is 6.58 Å². The monoisotopic (exact) mass is 367 g/mol. The first-order chi connectivity index (χ1) is 13.0. The summed E-state index contributed by atoms with van der Waals surface area (Å²) in [4.78, 5) is 27.4. The van der Waals surface area contributed by atoms with E-state index in [0.717, 1.165) is 5.56 Å². The van der Waals surface area contributed by atoms with Gasteiger partial charge in [0.2, 0.25) is 0 Å². The average molecular weight is 367 g/mol. The van der Waals surface area contributed by atoms with Crippen LogP contribution in [0.25, 0.3) is 0 Å². The lowest BCUT2D eigenvalue weighted by Crippen LogP contribution is -2.34. The van der Waals surface area contributed by atoms with Crippen molar-refractivity contribution >= 4 is 17.6 Å². The summed E-state index contributed by atoms with van der Waals surface area (Å²) in [6, 6.07) is 16.5. The van der Waals surface area contributed by atoms with Crippen molar-refractivity contribution < 1.29 is 14.3 Å². The molecule has 0 radical (unpaired) electrons. The van der Waals surface area contributed by atoms with Crippen LogP contribution in [0.1, 0.15) is 5.56 Å². The van der Waals surface area contributed by atoms with Crippen molar-refractivity contribution in [3.05, 3.63) is 72.8 Å². The highest BCUT2D eigenvalue weighted by Crippen LogP contribution is 2.18. The molecule has 0 aliphatic carbocycles. The highest BCUT2D eigenvalue weighted by molar-refractivity contribution is 5.89. The molecule has 0 heterocycles. The van der Waals surface area contributed by atoms with Gasteiger partial charge in [0.25, 0.3) is 5.91 Å². The van der Waals surface area contributed by atoms with Gasteiger partial charge >= 0.3 is 6.03 Å². The van der Waals surface area contributed by atoms with Crippen LogP contribution in [0, 0.1) is 0 Å². The van der Waals surface area contributed by atoms with E-state index in [4.69, 9.17) is 4.74 Å². The number of anilines is 1. The molecule has 0 aliphatic rings. The van der Waals surface area contributed by atoms with Crippen LogP contribution in [-0.2, 0) is 11.3 Å². The fraction of sp³-hybridized carbons (Fsp3) is 0.238. The fourth-order valence-electron chi connectivity index (χ4n) is 2.32. The van der Waals surface area contributed by atoms with E-state index in [1.54, 1.807) is 49.3 Å². The number of carbonyl (C=O) groups excluding carboxylic acids is 2. The molecule has 6 nitrogen and oxygen atoms in total. The van der Waals surface area contributed by atoms with Gasteiger partial charge in [-0.3, -0.25) is 4.79 Å². The van der Waals surface area contributed by atoms with Gasteiger partial charge in [-0.25, -0.2) is 4.79 Å². The molecule has 2 aromatic rings.